The van der Waals surface area contributed by atoms with Gasteiger partial charge in [0.05, 0.1) is 0 Å². The van der Waals surface area contributed by atoms with E-state index in [1.54, 1.807) is 6.92 Å². The van der Waals surface area contributed by atoms with E-state index < -0.39 is 5.51 Å². The summed E-state index contributed by atoms with van der Waals surface area (Å²) in [6, 6.07) is 4.12. The fourth-order valence-corrected chi connectivity index (χ4v) is 1.61. The molecule has 0 radical (unpaired) electrons. The first-order valence-electron chi connectivity index (χ1n) is 4.59. The van der Waals surface area contributed by atoms with Crippen LogP contribution in [0, 0.1) is 12.7 Å². The third-order valence-electron chi connectivity index (χ3n) is 1.87. The first-order chi connectivity index (χ1) is 7.38. The lowest BCUT2D eigenvalue weighted by Crippen LogP contribution is -2.10. The molecular formula is C10H11F4NS. The van der Waals surface area contributed by atoms with Crippen molar-refractivity contribution >= 4 is 17.4 Å². The van der Waals surface area contributed by atoms with E-state index in [0.717, 1.165) is 0 Å². The molecule has 1 nitrogen and oxygen atoms in total. The Morgan fingerprint density at radius 2 is 2.00 bits per heavy atom. The zero-order valence-electron chi connectivity index (χ0n) is 8.57. The standard InChI is InChI=1S/C10H11F4NS/c1-7-6-8(11)2-3-9(7)15-4-5-16-10(12,13)14/h2-3,6,15H,4-5H2,1H3. The molecule has 0 heterocycles. The largest absolute Gasteiger partial charge is 0.441 e. The van der Waals surface area contributed by atoms with Gasteiger partial charge in [0, 0.05) is 18.0 Å². The summed E-state index contributed by atoms with van der Waals surface area (Å²) in [6.45, 7) is 1.89. The Morgan fingerprint density at radius 3 is 2.56 bits per heavy atom. The van der Waals surface area contributed by atoms with E-state index in [1.165, 1.54) is 18.2 Å². The van der Waals surface area contributed by atoms with E-state index in [9.17, 15) is 17.6 Å². The number of benzene rings is 1. The lowest BCUT2D eigenvalue weighted by Gasteiger charge is -2.10. The second kappa shape index (κ2) is 5.43. The second-order valence-electron chi connectivity index (χ2n) is 3.18. The summed E-state index contributed by atoms with van der Waals surface area (Å²) < 4.78 is 48.1. The molecule has 0 aliphatic carbocycles. The van der Waals surface area contributed by atoms with Gasteiger partial charge in [0.2, 0.25) is 0 Å². The quantitative estimate of drug-likeness (QED) is 0.647. The monoisotopic (exact) mass is 253 g/mol. The Kier molecular flexibility index (Phi) is 4.46. The Bertz CT molecular complexity index is 351. The van der Waals surface area contributed by atoms with Gasteiger partial charge in [-0.1, -0.05) is 0 Å². The summed E-state index contributed by atoms with van der Waals surface area (Å²) in [6.07, 6.45) is 0. The Balaban J connectivity index is 2.38. The average Bonchev–Trinajstić information content (AvgIpc) is 2.13. The fraction of sp³-hybridized carbons (Fsp3) is 0.400. The van der Waals surface area contributed by atoms with Gasteiger partial charge in [-0.05, 0) is 42.4 Å². The Labute approximate surface area is 95.2 Å². The van der Waals surface area contributed by atoms with Crippen molar-refractivity contribution in [2.75, 3.05) is 17.6 Å². The zero-order chi connectivity index (χ0) is 12.2. The van der Waals surface area contributed by atoms with Gasteiger partial charge in [0.15, 0.2) is 0 Å². The minimum absolute atomic E-state index is 0.0691. The Morgan fingerprint density at radius 1 is 1.31 bits per heavy atom. The molecule has 0 fully saturated rings. The first-order valence-corrected chi connectivity index (χ1v) is 5.58. The van der Waals surface area contributed by atoms with Gasteiger partial charge in [0.1, 0.15) is 5.82 Å². The van der Waals surface area contributed by atoms with Crippen LogP contribution in [0.25, 0.3) is 0 Å². The third kappa shape index (κ3) is 4.74. The van der Waals surface area contributed by atoms with Gasteiger partial charge >= 0.3 is 5.51 Å². The van der Waals surface area contributed by atoms with Crippen molar-refractivity contribution in [2.45, 2.75) is 12.4 Å². The van der Waals surface area contributed by atoms with Crippen LogP contribution in [0.2, 0.25) is 0 Å². The molecule has 0 unspecified atom stereocenters. The smallest absolute Gasteiger partial charge is 0.384 e. The lowest BCUT2D eigenvalue weighted by atomic mass is 10.2. The van der Waals surface area contributed by atoms with Crippen LogP contribution >= 0.6 is 11.8 Å². The van der Waals surface area contributed by atoms with E-state index in [0.29, 0.717) is 11.3 Å². The highest BCUT2D eigenvalue weighted by Crippen LogP contribution is 2.29. The zero-order valence-corrected chi connectivity index (χ0v) is 9.38. The van der Waals surface area contributed by atoms with E-state index in [-0.39, 0.29) is 29.9 Å². The summed E-state index contributed by atoms with van der Waals surface area (Å²) in [7, 11) is 0. The highest BCUT2D eigenvalue weighted by molar-refractivity contribution is 8.00. The molecule has 0 saturated heterocycles. The van der Waals surface area contributed by atoms with E-state index in [2.05, 4.69) is 5.32 Å². The number of anilines is 1. The van der Waals surface area contributed by atoms with E-state index in [4.69, 9.17) is 0 Å². The van der Waals surface area contributed by atoms with Crippen molar-refractivity contribution in [3.63, 3.8) is 0 Å². The van der Waals surface area contributed by atoms with Crippen LogP contribution in [0.5, 0.6) is 0 Å². The minimum Gasteiger partial charge on any atom is -0.384 e. The SMILES string of the molecule is Cc1cc(F)ccc1NCCSC(F)(F)F. The normalized spacial score (nSPS) is 11.6. The molecule has 0 aromatic heterocycles. The number of aryl methyl sites for hydroxylation is 1. The first kappa shape index (κ1) is 13.2. The van der Waals surface area contributed by atoms with Gasteiger partial charge in [-0.2, -0.15) is 13.2 Å². The van der Waals surface area contributed by atoms with Crippen LogP contribution in [0.1, 0.15) is 5.56 Å². The van der Waals surface area contributed by atoms with Crippen molar-refractivity contribution in [3.05, 3.63) is 29.6 Å². The molecular weight excluding hydrogens is 242 g/mol. The maximum Gasteiger partial charge on any atom is 0.441 e. The second-order valence-corrected chi connectivity index (χ2v) is 4.34. The lowest BCUT2D eigenvalue weighted by molar-refractivity contribution is -0.0327. The van der Waals surface area contributed by atoms with E-state index >= 15 is 0 Å². The summed E-state index contributed by atoms with van der Waals surface area (Å²) in [5.74, 6) is -0.423. The predicted molar refractivity (Wildman–Crippen MR) is 58.1 cm³/mol. The molecule has 1 aromatic rings. The third-order valence-corrected chi connectivity index (χ3v) is 2.61. The topological polar surface area (TPSA) is 12.0 Å². The summed E-state index contributed by atoms with van der Waals surface area (Å²) in [5, 5.41) is 2.83. The number of hydrogen-bond acceptors (Lipinski definition) is 2. The number of thioether (sulfide) groups is 1. The minimum atomic E-state index is -4.19. The summed E-state index contributed by atoms with van der Waals surface area (Å²) in [4.78, 5) is 0. The van der Waals surface area contributed by atoms with E-state index in [1.807, 2.05) is 0 Å². The van der Waals surface area contributed by atoms with Crippen molar-refractivity contribution < 1.29 is 17.6 Å². The van der Waals surface area contributed by atoms with Crippen molar-refractivity contribution in [1.82, 2.24) is 0 Å². The molecule has 0 spiro atoms. The molecule has 6 heteroatoms. The molecule has 0 saturated carbocycles. The van der Waals surface area contributed by atoms with Crippen molar-refractivity contribution in [2.24, 2.45) is 0 Å². The van der Waals surface area contributed by atoms with Crippen LogP contribution in [-0.2, 0) is 0 Å². The van der Waals surface area contributed by atoms with Crippen LogP contribution in [0.15, 0.2) is 18.2 Å². The maximum absolute atomic E-state index is 12.7. The van der Waals surface area contributed by atoms with Crippen molar-refractivity contribution in [1.29, 1.82) is 0 Å². The van der Waals surface area contributed by atoms with Crippen LogP contribution < -0.4 is 5.32 Å². The molecule has 0 amide bonds. The highest BCUT2D eigenvalue weighted by atomic mass is 32.2. The van der Waals surface area contributed by atoms with Crippen LogP contribution in [0.4, 0.5) is 23.2 Å². The number of halogens is 4. The van der Waals surface area contributed by atoms with Gasteiger partial charge in [-0.15, -0.1) is 0 Å². The highest BCUT2D eigenvalue weighted by Gasteiger charge is 2.27. The fourth-order valence-electron chi connectivity index (χ4n) is 1.18. The molecule has 0 bridgehead atoms. The van der Waals surface area contributed by atoms with Gasteiger partial charge in [0.25, 0.3) is 0 Å². The number of nitrogens with one attached hydrogen (secondary N) is 1. The van der Waals surface area contributed by atoms with Crippen LogP contribution in [0.3, 0.4) is 0 Å². The molecule has 1 aromatic carbocycles. The summed E-state index contributed by atoms with van der Waals surface area (Å²) in [5.41, 5.74) is -2.86. The Hall–Kier alpha value is -0.910. The van der Waals surface area contributed by atoms with Gasteiger partial charge < -0.3 is 5.32 Å². The van der Waals surface area contributed by atoms with Crippen molar-refractivity contribution in [3.8, 4) is 0 Å². The number of rotatable bonds is 4. The summed E-state index contributed by atoms with van der Waals surface area (Å²) >= 11 is -0.0748. The molecule has 0 aliphatic rings. The molecule has 1 rings (SSSR count). The molecule has 16 heavy (non-hydrogen) atoms. The number of hydrogen-bond donors (Lipinski definition) is 1. The van der Waals surface area contributed by atoms with Gasteiger partial charge in [-0.25, -0.2) is 4.39 Å². The molecule has 1 N–H and O–H groups in total. The van der Waals surface area contributed by atoms with Gasteiger partial charge in [-0.3, -0.25) is 0 Å². The maximum atomic E-state index is 12.7. The average molecular weight is 253 g/mol. The molecule has 90 valence electrons. The predicted octanol–water partition coefficient (Wildman–Crippen LogP) is 3.80. The molecule has 0 atom stereocenters. The molecule has 0 aliphatic heterocycles. The number of alkyl halides is 3. The van der Waals surface area contributed by atoms with Crippen LogP contribution in [-0.4, -0.2) is 17.8 Å².